The molecule has 0 saturated heterocycles. The van der Waals surface area contributed by atoms with Gasteiger partial charge in [-0.05, 0) is 30.1 Å². The summed E-state index contributed by atoms with van der Waals surface area (Å²) in [7, 11) is 0. The second-order valence-electron chi connectivity index (χ2n) is 2.65. The first kappa shape index (κ1) is 7.30. The van der Waals surface area contributed by atoms with E-state index in [4.69, 9.17) is 11.5 Å². The van der Waals surface area contributed by atoms with Gasteiger partial charge >= 0.3 is 0 Å². The highest BCUT2D eigenvalue weighted by atomic mass is 32.1. The smallest absolute Gasteiger partial charge is 0.111 e. The molecule has 0 aliphatic heterocycles. The second kappa shape index (κ2) is 2.31. The van der Waals surface area contributed by atoms with Gasteiger partial charge < -0.3 is 11.5 Å². The molecule has 0 fully saturated rings. The van der Waals surface area contributed by atoms with Crippen molar-refractivity contribution in [1.82, 2.24) is 9.59 Å². The molecule has 1 aromatic carbocycles. The van der Waals surface area contributed by atoms with Gasteiger partial charge in [-0.2, -0.15) is 0 Å². The zero-order chi connectivity index (χ0) is 8.72. The predicted molar refractivity (Wildman–Crippen MR) is 51.0 cm³/mol. The highest BCUT2D eigenvalue weighted by molar-refractivity contribution is 7.13. The highest BCUT2D eigenvalue weighted by Gasteiger charge is 2.08. The molecule has 2 rings (SSSR count). The van der Waals surface area contributed by atoms with Crippen molar-refractivity contribution in [3.8, 4) is 0 Å². The molecule has 0 spiro atoms. The van der Waals surface area contributed by atoms with E-state index in [1.54, 1.807) is 0 Å². The Labute approximate surface area is 73.3 Å². The van der Waals surface area contributed by atoms with Crippen LogP contribution in [0.1, 0.15) is 5.56 Å². The quantitative estimate of drug-likeness (QED) is 0.596. The van der Waals surface area contributed by atoms with Crippen LogP contribution >= 0.6 is 11.5 Å². The van der Waals surface area contributed by atoms with Crippen LogP contribution in [-0.2, 0) is 0 Å². The molecule has 1 aromatic heterocycles. The number of hydrogen-bond acceptors (Lipinski definition) is 5. The Morgan fingerprint density at radius 3 is 2.92 bits per heavy atom. The van der Waals surface area contributed by atoms with Crippen LogP contribution in [0.5, 0.6) is 0 Å². The summed E-state index contributed by atoms with van der Waals surface area (Å²) in [6.07, 6.45) is 0. The summed E-state index contributed by atoms with van der Waals surface area (Å²) in [5, 5.41) is 3.95. The van der Waals surface area contributed by atoms with E-state index in [0.717, 1.165) is 15.8 Å². The van der Waals surface area contributed by atoms with E-state index in [1.807, 2.05) is 13.0 Å². The summed E-state index contributed by atoms with van der Waals surface area (Å²) in [5.74, 6) is 0. The van der Waals surface area contributed by atoms with Crippen LogP contribution in [0.2, 0.25) is 0 Å². The van der Waals surface area contributed by atoms with Gasteiger partial charge in [0.05, 0.1) is 11.4 Å². The summed E-state index contributed by atoms with van der Waals surface area (Å²) in [5.41, 5.74) is 14.5. The van der Waals surface area contributed by atoms with Crippen LogP contribution in [0.4, 0.5) is 11.4 Å². The first-order valence-corrected chi connectivity index (χ1v) is 4.24. The molecule has 0 amide bonds. The molecule has 2 aromatic rings. The monoisotopic (exact) mass is 180 g/mol. The standard InChI is InChI=1S/C7H8N4S/c1-3-2-4(8)5(9)7-6(3)10-11-12-7/h2H,8-9H2,1H3. The number of benzene rings is 1. The maximum absolute atomic E-state index is 5.74. The second-order valence-corrected chi connectivity index (χ2v) is 3.40. The molecule has 12 heavy (non-hydrogen) atoms. The van der Waals surface area contributed by atoms with E-state index in [0.29, 0.717) is 11.4 Å². The van der Waals surface area contributed by atoms with Crippen molar-refractivity contribution in [2.75, 3.05) is 11.5 Å². The third-order valence-electron chi connectivity index (χ3n) is 1.79. The predicted octanol–water partition coefficient (Wildman–Crippen LogP) is 1.16. The zero-order valence-corrected chi connectivity index (χ0v) is 7.35. The van der Waals surface area contributed by atoms with Crippen molar-refractivity contribution in [3.63, 3.8) is 0 Å². The molecule has 4 N–H and O–H groups in total. The Morgan fingerprint density at radius 2 is 2.17 bits per heavy atom. The Kier molecular flexibility index (Phi) is 1.41. The van der Waals surface area contributed by atoms with Gasteiger partial charge in [-0.15, -0.1) is 5.10 Å². The zero-order valence-electron chi connectivity index (χ0n) is 6.53. The normalized spacial score (nSPS) is 10.8. The minimum absolute atomic E-state index is 0.589. The van der Waals surface area contributed by atoms with Crippen LogP contribution in [0.15, 0.2) is 6.07 Å². The van der Waals surface area contributed by atoms with Gasteiger partial charge in [0, 0.05) is 0 Å². The number of nitrogens with zero attached hydrogens (tertiary/aromatic N) is 2. The summed E-state index contributed by atoms with van der Waals surface area (Å²) >= 11 is 1.28. The van der Waals surface area contributed by atoms with E-state index in [1.165, 1.54) is 11.5 Å². The topological polar surface area (TPSA) is 77.8 Å². The highest BCUT2D eigenvalue weighted by Crippen LogP contribution is 2.30. The number of nitrogen functional groups attached to an aromatic ring is 2. The largest absolute Gasteiger partial charge is 0.397 e. The number of hydrogen-bond donors (Lipinski definition) is 2. The third kappa shape index (κ3) is 0.831. The lowest BCUT2D eigenvalue weighted by molar-refractivity contribution is 1.19. The molecule has 0 aliphatic rings. The van der Waals surface area contributed by atoms with Gasteiger partial charge in [-0.25, -0.2) is 0 Å². The van der Waals surface area contributed by atoms with Crippen LogP contribution < -0.4 is 11.5 Å². The lowest BCUT2D eigenvalue weighted by atomic mass is 10.2. The summed E-state index contributed by atoms with van der Waals surface area (Å²) in [6.45, 7) is 1.94. The van der Waals surface area contributed by atoms with Gasteiger partial charge in [0.15, 0.2) is 0 Å². The lowest BCUT2D eigenvalue weighted by Gasteiger charge is -2.01. The van der Waals surface area contributed by atoms with Crippen molar-refractivity contribution >= 4 is 33.1 Å². The van der Waals surface area contributed by atoms with E-state index < -0.39 is 0 Å². The molecular weight excluding hydrogens is 172 g/mol. The molecule has 0 aliphatic carbocycles. The molecule has 5 heteroatoms. The first-order valence-electron chi connectivity index (χ1n) is 3.47. The van der Waals surface area contributed by atoms with Crippen molar-refractivity contribution in [2.24, 2.45) is 0 Å². The van der Waals surface area contributed by atoms with E-state index in [2.05, 4.69) is 9.59 Å². The Hall–Kier alpha value is -1.36. The summed E-state index contributed by atoms with van der Waals surface area (Å²) < 4.78 is 4.70. The van der Waals surface area contributed by atoms with E-state index in [9.17, 15) is 0 Å². The van der Waals surface area contributed by atoms with Gasteiger partial charge in [-0.1, -0.05) is 4.49 Å². The fourth-order valence-corrected chi connectivity index (χ4v) is 1.84. The molecule has 0 unspecified atom stereocenters. The van der Waals surface area contributed by atoms with Gasteiger partial charge in [0.25, 0.3) is 0 Å². The van der Waals surface area contributed by atoms with Gasteiger partial charge in [0.1, 0.15) is 10.2 Å². The summed E-state index contributed by atoms with van der Waals surface area (Å²) in [6, 6.07) is 1.82. The Morgan fingerprint density at radius 1 is 1.42 bits per heavy atom. The van der Waals surface area contributed by atoms with Crippen LogP contribution in [0, 0.1) is 6.92 Å². The van der Waals surface area contributed by atoms with Crippen molar-refractivity contribution < 1.29 is 0 Å². The van der Waals surface area contributed by atoms with Crippen molar-refractivity contribution in [3.05, 3.63) is 11.6 Å². The molecule has 4 nitrogen and oxygen atoms in total. The first-order chi connectivity index (χ1) is 5.70. The maximum atomic E-state index is 5.74. The Bertz CT molecular complexity index is 434. The number of aryl methyl sites for hydroxylation is 1. The minimum Gasteiger partial charge on any atom is -0.397 e. The van der Waals surface area contributed by atoms with Crippen LogP contribution in [0.3, 0.4) is 0 Å². The summed E-state index contributed by atoms with van der Waals surface area (Å²) in [4.78, 5) is 0. The number of aromatic nitrogens is 2. The number of anilines is 2. The number of rotatable bonds is 0. The lowest BCUT2D eigenvalue weighted by Crippen LogP contribution is -1.95. The molecule has 0 bridgehead atoms. The van der Waals surface area contributed by atoms with Crippen molar-refractivity contribution in [1.29, 1.82) is 0 Å². The molecule has 62 valence electrons. The fourth-order valence-electron chi connectivity index (χ4n) is 1.14. The van der Waals surface area contributed by atoms with Crippen molar-refractivity contribution in [2.45, 2.75) is 6.92 Å². The average Bonchev–Trinajstić information content (AvgIpc) is 2.48. The van der Waals surface area contributed by atoms with Gasteiger partial charge in [0.2, 0.25) is 0 Å². The minimum atomic E-state index is 0.589. The molecule has 0 atom stereocenters. The fraction of sp³-hybridized carbons (Fsp3) is 0.143. The van der Waals surface area contributed by atoms with E-state index in [-0.39, 0.29) is 0 Å². The maximum Gasteiger partial charge on any atom is 0.111 e. The molecule has 0 saturated carbocycles. The van der Waals surface area contributed by atoms with Crippen LogP contribution in [-0.4, -0.2) is 9.59 Å². The SMILES string of the molecule is Cc1cc(N)c(N)c2snnc12. The molecular formula is C7H8N4S. The van der Waals surface area contributed by atoms with Crippen LogP contribution in [0.25, 0.3) is 10.2 Å². The third-order valence-corrected chi connectivity index (χ3v) is 2.55. The Balaban J connectivity index is 2.97. The molecule has 0 radical (unpaired) electrons. The number of fused-ring (bicyclic) bond motifs is 1. The average molecular weight is 180 g/mol. The van der Waals surface area contributed by atoms with E-state index >= 15 is 0 Å². The number of nitrogens with two attached hydrogens (primary N) is 2. The molecule has 1 heterocycles. The van der Waals surface area contributed by atoms with Gasteiger partial charge in [-0.3, -0.25) is 0 Å².